The van der Waals surface area contributed by atoms with Crippen molar-refractivity contribution in [3.63, 3.8) is 0 Å². The van der Waals surface area contributed by atoms with E-state index in [1.807, 2.05) is 26.0 Å². The summed E-state index contributed by atoms with van der Waals surface area (Å²) in [5, 5.41) is 4.50. The topological polar surface area (TPSA) is 42.0 Å². The fourth-order valence-corrected chi connectivity index (χ4v) is 2.72. The third kappa shape index (κ3) is 3.95. The van der Waals surface area contributed by atoms with Crippen molar-refractivity contribution in [1.82, 2.24) is 4.98 Å². The summed E-state index contributed by atoms with van der Waals surface area (Å²) in [5.41, 5.74) is 1.06. The Hall–Kier alpha value is -1.10. The van der Waals surface area contributed by atoms with E-state index in [9.17, 15) is 4.79 Å². The fourth-order valence-electron chi connectivity index (χ4n) is 1.55. The summed E-state index contributed by atoms with van der Waals surface area (Å²) in [5.74, 6) is -0.0853. The standard InChI is InChI=1S/C14H14Cl2N2OS/c1-8(2)13(19)18-14-17-7-10(20-14)5-9-3-4-11(15)12(16)6-9/h3-4,6-8H,5H2,1-2H3,(H,17,18,19). The Morgan fingerprint density at radius 1 is 1.35 bits per heavy atom. The molecule has 0 aliphatic heterocycles. The van der Waals surface area contributed by atoms with Gasteiger partial charge in [0.15, 0.2) is 5.13 Å². The van der Waals surface area contributed by atoms with Crippen LogP contribution >= 0.6 is 34.5 Å². The number of hydrogen-bond acceptors (Lipinski definition) is 3. The molecule has 106 valence electrons. The van der Waals surface area contributed by atoms with Crippen molar-refractivity contribution in [2.75, 3.05) is 5.32 Å². The average Bonchev–Trinajstić information content (AvgIpc) is 2.81. The first-order valence-electron chi connectivity index (χ1n) is 6.15. The van der Waals surface area contributed by atoms with Crippen LogP contribution in [0.15, 0.2) is 24.4 Å². The van der Waals surface area contributed by atoms with Gasteiger partial charge in [0.1, 0.15) is 0 Å². The summed E-state index contributed by atoms with van der Waals surface area (Å²) >= 11 is 13.3. The predicted molar refractivity (Wildman–Crippen MR) is 84.8 cm³/mol. The average molecular weight is 329 g/mol. The molecule has 0 bridgehead atoms. The lowest BCUT2D eigenvalue weighted by molar-refractivity contribution is -0.118. The number of anilines is 1. The molecule has 1 heterocycles. The summed E-state index contributed by atoms with van der Waals surface area (Å²) in [7, 11) is 0. The first-order valence-corrected chi connectivity index (χ1v) is 7.72. The predicted octanol–water partition coefficient (Wildman–Crippen LogP) is 4.64. The smallest absolute Gasteiger partial charge is 0.228 e. The Morgan fingerprint density at radius 3 is 2.75 bits per heavy atom. The molecule has 1 amide bonds. The summed E-state index contributed by atoms with van der Waals surface area (Å²) in [6.07, 6.45) is 2.48. The molecule has 0 saturated heterocycles. The molecule has 3 nitrogen and oxygen atoms in total. The van der Waals surface area contributed by atoms with E-state index >= 15 is 0 Å². The Labute approximate surface area is 131 Å². The van der Waals surface area contributed by atoms with E-state index in [0.717, 1.165) is 10.4 Å². The zero-order valence-corrected chi connectivity index (χ0v) is 13.4. The molecule has 0 unspecified atom stereocenters. The fraction of sp³-hybridized carbons (Fsp3) is 0.286. The van der Waals surface area contributed by atoms with Crippen LogP contribution in [0.4, 0.5) is 5.13 Å². The molecule has 0 saturated carbocycles. The van der Waals surface area contributed by atoms with Crippen LogP contribution in [0.5, 0.6) is 0 Å². The van der Waals surface area contributed by atoms with Gasteiger partial charge in [0.05, 0.1) is 10.0 Å². The summed E-state index contributed by atoms with van der Waals surface area (Å²) in [6, 6.07) is 5.55. The van der Waals surface area contributed by atoms with Gasteiger partial charge in [-0.3, -0.25) is 4.79 Å². The number of aromatic nitrogens is 1. The number of rotatable bonds is 4. The number of thiazole rings is 1. The van der Waals surface area contributed by atoms with Crippen LogP contribution in [0.1, 0.15) is 24.3 Å². The van der Waals surface area contributed by atoms with Gasteiger partial charge in [0.2, 0.25) is 5.91 Å². The van der Waals surface area contributed by atoms with Gasteiger partial charge in [-0.25, -0.2) is 4.98 Å². The second-order valence-electron chi connectivity index (χ2n) is 4.70. The molecule has 1 N–H and O–H groups in total. The molecular formula is C14H14Cl2N2OS. The Morgan fingerprint density at radius 2 is 2.10 bits per heavy atom. The lowest BCUT2D eigenvalue weighted by Crippen LogP contribution is -2.17. The lowest BCUT2D eigenvalue weighted by Gasteiger charge is -2.03. The molecule has 2 aromatic rings. The van der Waals surface area contributed by atoms with Crippen LogP contribution in [0.25, 0.3) is 0 Å². The molecule has 0 radical (unpaired) electrons. The quantitative estimate of drug-likeness (QED) is 0.888. The highest BCUT2D eigenvalue weighted by Crippen LogP contribution is 2.26. The molecule has 0 spiro atoms. The highest BCUT2D eigenvalue weighted by atomic mass is 35.5. The van der Waals surface area contributed by atoms with Gasteiger partial charge in [0.25, 0.3) is 0 Å². The van der Waals surface area contributed by atoms with Gasteiger partial charge in [-0.15, -0.1) is 11.3 Å². The molecule has 0 aliphatic carbocycles. The molecule has 0 fully saturated rings. The minimum atomic E-state index is -0.0579. The van der Waals surface area contributed by atoms with Gasteiger partial charge in [-0.05, 0) is 17.7 Å². The summed E-state index contributed by atoms with van der Waals surface area (Å²) in [4.78, 5) is 16.8. The normalized spacial score (nSPS) is 10.8. The number of halogens is 2. The SMILES string of the molecule is CC(C)C(=O)Nc1ncc(Cc2ccc(Cl)c(Cl)c2)s1. The van der Waals surface area contributed by atoms with E-state index in [4.69, 9.17) is 23.2 Å². The van der Waals surface area contributed by atoms with Crippen LogP contribution < -0.4 is 5.32 Å². The van der Waals surface area contributed by atoms with Crippen molar-refractivity contribution in [2.24, 2.45) is 5.92 Å². The minimum absolute atomic E-state index is 0.0274. The number of hydrogen-bond donors (Lipinski definition) is 1. The van der Waals surface area contributed by atoms with Crippen LogP contribution in [0, 0.1) is 5.92 Å². The van der Waals surface area contributed by atoms with Gasteiger partial charge in [0, 0.05) is 23.4 Å². The zero-order chi connectivity index (χ0) is 14.7. The number of nitrogens with zero attached hydrogens (tertiary/aromatic N) is 1. The maximum Gasteiger partial charge on any atom is 0.228 e. The van der Waals surface area contributed by atoms with Crippen molar-refractivity contribution in [3.8, 4) is 0 Å². The van der Waals surface area contributed by atoms with Crippen LogP contribution in [-0.4, -0.2) is 10.9 Å². The van der Waals surface area contributed by atoms with E-state index in [0.29, 0.717) is 21.6 Å². The highest BCUT2D eigenvalue weighted by molar-refractivity contribution is 7.15. The van der Waals surface area contributed by atoms with E-state index in [-0.39, 0.29) is 11.8 Å². The molecule has 6 heteroatoms. The molecule has 1 aromatic heterocycles. The van der Waals surface area contributed by atoms with Gasteiger partial charge in [-0.2, -0.15) is 0 Å². The van der Waals surface area contributed by atoms with E-state index in [2.05, 4.69) is 10.3 Å². The van der Waals surface area contributed by atoms with Crippen molar-refractivity contribution in [3.05, 3.63) is 44.9 Å². The zero-order valence-electron chi connectivity index (χ0n) is 11.1. The third-order valence-electron chi connectivity index (χ3n) is 2.67. The Kier molecular flexibility index (Phi) is 5.02. The highest BCUT2D eigenvalue weighted by Gasteiger charge is 2.10. The molecular weight excluding hydrogens is 315 g/mol. The van der Waals surface area contributed by atoms with E-state index in [1.165, 1.54) is 11.3 Å². The Bertz CT molecular complexity index is 625. The van der Waals surface area contributed by atoms with Gasteiger partial charge >= 0.3 is 0 Å². The number of carbonyl (C=O) groups is 1. The third-order valence-corrected chi connectivity index (χ3v) is 4.32. The summed E-state index contributed by atoms with van der Waals surface area (Å²) in [6.45, 7) is 3.69. The van der Waals surface area contributed by atoms with Crippen molar-refractivity contribution >= 4 is 45.6 Å². The maximum atomic E-state index is 11.6. The van der Waals surface area contributed by atoms with Gasteiger partial charge in [-0.1, -0.05) is 43.1 Å². The number of benzene rings is 1. The lowest BCUT2D eigenvalue weighted by atomic mass is 10.1. The maximum absolute atomic E-state index is 11.6. The van der Waals surface area contributed by atoms with Crippen LogP contribution in [0.3, 0.4) is 0 Å². The molecule has 1 aromatic carbocycles. The molecule has 2 rings (SSSR count). The second kappa shape index (κ2) is 6.57. The first kappa shape index (κ1) is 15.3. The van der Waals surface area contributed by atoms with Crippen molar-refractivity contribution in [2.45, 2.75) is 20.3 Å². The number of nitrogens with one attached hydrogen (secondary N) is 1. The summed E-state index contributed by atoms with van der Waals surface area (Å²) < 4.78 is 0. The second-order valence-corrected chi connectivity index (χ2v) is 6.63. The monoisotopic (exact) mass is 328 g/mol. The van der Waals surface area contributed by atoms with E-state index in [1.54, 1.807) is 12.3 Å². The van der Waals surface area contributed by atoms with Crippen molar-refractivity contribution in [1.29, 1.82) is 0 Å². The van der Waals surface area contributed by atoms with Crippen LogP contribution in [0.2, 0.25) is 10.0 Å². The van der Waals surface area contributed by atoms with Gasteiger partial charge < -0.3 is 5.32 Å². The number of amides is 1. The van der Waals surface area contributed by atoms with Crippen LogP contribution in [-0.2, 0) is 11.2 Å². The molecule has 0 aliphatic rings. The van der Waals surface area contributed by atoms with Crippen molar-refractivity contribution < 1.29 is 4.79 Å². The first-order chi connectivity index (χ1) is 9.45. The van der Waals surface area contributed by atoms with E-state index < -0.39 is 0 Å². The largest absolute Gasteiger partial charge is 0.302 e. The molecule has 20 heavy (non-hydrogen) atoms. The minimum Gasteiger partial charge on any atom is -0.302 e. The Balaban J connectivity index is 2.05. The molecule has 0 atom stereocenters. The number of carbonyl (C=O) groups excluding carboxylic acids is 1.